The van der Waals surface area contributed by atoms with Crippen molar-refractivity contribution < 1.29 is 4.79 Å². The highest BCUT2D eigenvalue weighted by atomic mass is 16.2. The summed E-state index contributed by atoms with van der Waals surface area (Å²) in [7, 11) is 0. The highest BCUT2D eigenvalue weighted by molar-refractivity contribution is 5.72. The van der Waals surface area contributed by atoms with E-state index in [1.165, 1.54) is 24.0 Å². The van der Waals surface area contributed by atoms with Crippen LogP contribution in [-0.2, 0) is 12.8 Å². The minimum Gasteiger partial charge on any atom is -0.351 e. The Bertz CT molecular complexity index is 420. The molecular formula is C14H18N2O. The number of hydrogen-bond donors (Lipinski definition) is 1. The van der Waals surface area contributed by atoms with Crippen molar-refractivity contribution in [3.63, 3.8) is 0 Å². The van der Waals surface area contributed by atoms with Gasteiger partial charge in [-0.3, -0.25) is 0 Å². The Labute approximate surface area is 102 Å². The minimum atomic E-state index is -0.268. The van der Waals surface area contributed by atoms with Gasteiger partial charge in [-0.15, -0.1) is 0 Å². The molecule has 1 heterocycles. The number of carbonyl (C=O) groups excluding carboxylic acids is 1. The molecule has 2 amide bonds. The summed E-state index contributed by atoms with van der Waals surface area (Å²) in [5.41, 5.74) is 8.72. The van der Waals surface area contributed by atoms with E-state index in [1.807, 2.05) is 0 Å². The number of piperidine rings is 1. The van der Waals surface area contributed by atoms with Crippen LogP contribution < -0.4 is 5.73 Å². The van der Waals surface area contributed by atoms with E-state index in [9.17, 15) is 4.79 Å². The first-order valence-electron chi connectivity index (χ1n) is 6.30. The lowest BCUT2D eigenvalue weighted by molar-refractivity contribution is 0.128. The summed E-state index contributed by atoms with van der Waals surface area (Å²) in [4.78, 5) is 12.9. The number of fused-ring (bicyclic) bond motifs is 1. The van der Waals surface area contributed by atoms with Crippen LogP contribution in [0, 0.1) is 5.41 Å². The van der Waals surface area contributed by atoms with Gasteiger partial charge in [-0.25, -0.2) is 4.79 Å². The monoisotopic (exact) mass is 230 g/mol. The smallest absolute Gasteiger partial charge is 0.314 e. The van der Waals surface area contributed by atoms with Crippen molar-refractivity contribution in [3.8, 4) is 0 Å². The molecule has 0 bridgehead atoms. The number of nitrogens with zero attached hydrogens (tertiary/aromatic N) is 1. The van der Waals surface area contributed by atoms with Crippen molar-refractivity contribution in [2.45, 2.75) is 25.7 Å². The Kier molecular flexibility index (Phi) is 2.35. The van der Waals surface area contributed by atoms with E-state index in [2.05, 4.69) is 24.3 Å². The quantitative estimate of drug-likeness (QED) is 0.727. The van der Waals surface area contributed by atoms with Crippen molar-refractivity contribution in [3.05, 3.63) is 35.4 Å². The fourth-order valence-electron chi connectivity index (χ4n) is 3.33. The Balaban J connectivity index is 1.74. The zero-order valence-electron chi connectivity index (χ0n) is 9.98. The van der Waals surface area contributed by atoms with Crippen LogP contribution in [0.2, 0.25) is 0 Å². The van der Waals surface area contributed by atoms with E-state index in [0.29, 0.717) is 5.41 Å². The maximum Gasteiger partial charge on any atom is 0.314 e. The summed E-state index contributed by atoms with van der Waals surface area (Å²) < 4.78 is 0. The van der Waals surface area contributed by atoms with Crippen molar-refractivity contribution >= 4 is 6.03 Å². The molecule has 1 aliphatic carbocycles. The summed E-state index contributed by atoms with van der Waals surface area (Å²) in [6.07, 6.45) is 4.53. The van der Waals surface area contributed by atoms with Gasteiger partial charge in [0, 0.05) is 13.1 Å². The number of primary amides is 1. The third kappa shape index (κ3) is 1.79. The summed E-state index contributed by atoms with van der Waals surface area (Å²) in [6.45, 7) is 1.65. The maximum absolute atomic E-state index is 11.1. The van der Waals surface area contributed by atoms with Crippen LogP contribution in [-0.4, -0.2) is 24.0 Å². The van der Waals surface area contributed by atoms with Gasteiger partial charge in [0.1, 0.15) is 0 Å². The van der Waals surface area contributed by atoms with Crippen LogP contribution in [0.4, 0.5) is 4.79 Å². The fraction of sp³-hybridized carbons (Fsp3) is 0.500. The summed E-state index contributed by atoms with van der Waals surface area (Å²) in [6, 6.07) is 8.46. The van der Waals surface area contributed by atoms with Crippen molar-refractivity contribution in [1.29, 1.82) is 0 Å². The molecule has 1 aromatic rings. The van der Waals surface area contributed by atoms with Gasteiger partial charge in [0.15, 0.2) is 0 Å². The number of rotatable bonds is 0. The second-order valence-corrected chi connectivity index (χ2v) is 5.45. The van der Waals surface area contributed by atoms with E-state index in [1.54, 1.807) is 4.90 Å². The van der Waals surface area contributed by atoms with E-state index >= 15 is 0 Å². The number of nitrogens with two attached hydrogens (primary N) is 1. The molecule has 0 unspecified atom stereocenters. The highest BCUT2D eigenvalue weighted by Crippen LogP contribution is 2.44. The summed E-state index contributed by atoms with van der Waals surface area (Å²) >= 11 is 0. The fourth-order valence-corrected chi connectivity index (χ4v) is 3.33. The first kappa shape index (κ1) is 10.6. The maximum atomic E-state index is 11.1. The molecule has 1 fully saturated rings. The standard InChI is InChI=1S/C14H18N2O/c15-13(17)16-7-5-14(6-8-16)9-11-3-1-2-4-12(11)10-14/h1-4H,5-10H2,(H2,15,17). The summed E-state index contributed by atoms with van der Waals surface area (Å²) in [5, 5.41) is 0. The number of urea groups is 1. The van der Waals surface area contributed by atoms with Gasteiger partial charge in [0.2, 0.25) is 0 Å². The van der Waals surface area contributed by atoms with E-state index in [-0.39, 0.29) is 6.03 Å². The average Bonchev–Trinajstić information content (AvgIpc) is 2.67. The number of carbonyl (C=O) groups is 1. The lowest BCUT2D eigenvalue weighted by Crippen LogP contribution is -2.45. The largest absolute Gasteiger partial charge is 0.351 e. The Morgan fingerprint density at radius 2 is 1.65 bits per heavy atom. The molecule has 1 spiro atoms. The molecule has 0 atom stereocenters. The van der Waals surface area contributed by atoms with Gasteiger partial charge in [-0.2, -0.15) is 0 Å². The molecule has 17 heavy (non-hydrogen) atoms. The first-order chi connectivity index (χ1) is 8.19. The number of hydrogen-bond acceptors (Lipinski definition) is 1. The van der Waals surface area contributed by atoms with Crippen LogP contribution in [0.5, 0.6) is 0 Å². The lowest BCUT2D eigenvalue weighted by Gasteiger charge is -2.38. The normalized spacial score (nSPS) is 21.5. The molecule has 3 rings (SSSR count). The third-order valence-electron chi connectivity index (χ3n) is 4.39. The molecular weight excluding hydrogens is 212 g/mol. The first-order valence-corrected chi connectivity index (χ1v) is 6.30. The number of amides is 2. The van der Waals surface area contributed by atoms with Gasteiger partial charge in [-0.05, 0) is 42.2 Å². The van der Waals surface area contributed by atoms with E-state index in [4.69, 9.17) is 5.73 Å². The van der Waals surface area contributed by atoms with Crippen LogP contribution in [0.25, 0.3) is 0 Å². The van der Waals surface area contributed by atoms with Gasteiger partial charge < -0.3 is 10.6 Å². The predicted octanol–water partition coefficient (Wildman–Crippen LogP) is 1.95. The van der Waals surface area contributed by atoms with Gasteiger partial charge in [-0.1, -0.05) is 24.3 Å². The molecule has 2 aliphatic rings. The Morgan fingerprint density at radius 1 is 1.12 bits per heavy atom. The number of likely N-dealkylation sites (tertiary alicyclic amines) is 1. The Hall–Kier alpha value is -1.51. The van der Waals surface area contributed by atoms with Gasteiger partial charge in [0.05, 0.1) is 0 Å². The van der Waals surface area contributed by atoms with Crippen molar-refractivity contribution in [2.75, 3.05) is 13.1 Å². The van der Waals surface area contributed by atoms with Crippen molar-refractivity contribution in [2.24, 2.45) is 11.1 Å². The molecule has 0 radical (unpaired) electrons. The molecule has 90 valence electrons. The number of benzene rings is 1. The molecule has 0 aromatic heterocycles. The molecule has 3 nitrogen and oxygen atoms in total. The lowest BCUT2D eigenvalue weighted by atomic mass is 9.76. The van der Waals surface area contributed by atoms with Crippen LogP contribution in [0.3, 0.4) is 0 Å². The highest BCUT2D eigenvalue weighted by Gasteiger charge is 2.40. The van der Waals surface area contributed by atoms with E-state index in [0.717, 1.165) is 25.9 Å². The van der Waals surface area contributed by atoms with Crippen LogP contribution >= 0.6 is 0 Å². The summed E-state index contributed by atoms with van der Waals surface area (Å²) in [5.74, 6) is 0. The molecule has 1 aliphatic heterocycles. The second-order valence-electron chi connectivity index (χ2n) is 5.45. The molecule has 1 saturated heterocycles. The average molecular weight is 230 g/mol. The van der Waals surface area contributed by atoms with Crippen molar-refractivity contribution in [1.82, 2.24) is 4.90 Å². The molecule has 2 N–H and O–H groups in total. The topological polar surface area (TPSA) is 46.3 Å². The third-order valence-corrected chi connectivity index (χ3v) is 4.39. The van der Waals surface area contributed by atoms with Crippen LogP contribution in [0.15, 0.2) is 24.3 Å². The zero-order chi connectivity index (χ0) is 11.9. The minimum absolute atomic E-state index is 0.268. The van der Waals surface area contributed by atoms with Crippen LogP contribution in [0.1, 0.15) is 24.0 Å². The second kappa shape index (κ2) is 3.76. The molecule has 1 aromatic carbocycles. The van der Waals surface area contributed by atoms with Gasteiger partial charge >= 0.3 is 6.03 Å². The Morgan fingerprint density at radius 3 is 2.12 bits per heavy atom. The predicted molar refractivity (Wildman–Crippen MR) is 66.7 cm³/mol. The van der Waals surface area contributed by atoms with Gasteiger partial charge in [0.25, 0.3) is 0 Å². The molecule has 0 saturated carbocycles. The zero-order valence-corrected chi connectivity index (χ0v) is 9.98. The SMILES string of the molecule is NC(=O)N1CCC2(CC1)Cc1ccccc1C2. The molecule has 3 heteroatoms. The van der Waals surface area contributed by atoms with E-state index < -0.39 is 0 Å².